The van der Waals surface area contributed by atoms with Crippen molar-refractivity contribution in [3.05, 3.63) is 0 Å². The number of carbonyl (C=O) groups excluding carboxylic acids is 1. The molecule has 0 spiro atoms. The number of aliphatic hydroxyl groups is 3. The van der Waals surface area contributed by atoms with Crippen LogP contribution in [0.3, 0.4) is 0 Å². The van der Waals surface area contributed by atoms with Crippen molar-refractivity contribution >= 4 is 16.0 Å². The number of fused-ring (bicyclic) bond motifs is 5. The van der Waals surface area contributed by atoms with E-state index in [-0.39, 0.29) is 65.4 Å². The molecule has 0 aliphatic heterocycles. The summed E-state index contributed by atoms with van der Waals surface area (Å²) in [5.74, 6) is 0.705. The van der Waals surface area contributed by atoms with E-state index in [4.69, 9.17) is 4.55 Å². The highest BCUT2D eigenvalue weighted by molar-refractivity contribution is 7.85. The zero-order valence-electron chi connectivity index (χ0n) is 21.4. The summed E-state index contributed by atoms with van der Waals surface area (Å²) in [5.41, 5.74) is -0.254. The minimum absolute atomic E-state index is 0.0509. The second-order valence-electron chi connectivity index (χ2n) is 12.7. The third-order valence-corrected chi connectivity index (χ3v) is 11.7. The Morgan fingerprint density at radius 1 is 1.06 bits per heavy atom. The molecule has 0 saturated heterocycles. The predicted octanol–water partition coefficient (Wildman–Crippen LogP) is 2.37. The van der Waals surface area contributed by atoms with Gasteiger partial charge in [-0.15, -0.1) is 0 Å². The number of aliphatic hydroxyl groups excluding tert-OH is 3. The van der Waals surface area contributed by atoms with Gasteiger partial charge in [0.05, 0.1) is 24.1 Å². The van der Waals surface area contributed by atoms with Gasteiger partial charge in [-0.25, -0.2) is 0 Å². The molecular weight excluding hydrogens is 470 g/mol. The highest BCUT2D eigenvalue weighted by Gasteiger charge is 2.65. The number of rotatable bonds is 7. The van der Waals surface area contributed by atoms with Gasteiger partial charge in [0.2, 0.25) is 5.91 Å². The predicted molar refractivity (Wildman–Crippen MR) is 132 cm³/mol. The standard InChI is InChI=1S/C26H45NO7S/c1-15(4-7-23(31)27-10-11-35(32,33)34)18-5-6-19-24-20(14-22(30)26(18,19)3)25(2)9-8-17(28)12-16(25)13-21(24)29/h15-22,24,28-30H,4-14H2,1-3H3,(H,27,31)(H,32,33,34)/t15-,16+,17?,18-,19+,20+,21-,22+,24+,25+,26-/m1/s1. The van der Waals surface area contributed by atoms with Crippen molar-refractivity contribution < 1.29 is 33.1 Å². The lowest BCUT2D eigenvalue weighted by atomic mass is 9.43. The quantitative estimate of drug-likeness (QED) is 0.327. The Morgan fingerprint density at radius 3 is 2.46 bits per heavy atom. The molecule has 4 saturated carbocycles. The summed E-state index contributed by atoms with van der Waals surface area (Å²) in [7, 11) is -4.10. The smallest absolute Gasteiger partial charge is 0.266 e. The molecule has 0 aromatic rings. The monoisotopic (exact) mass is 515 g/mol. The lowest BCUT2D eigenvalue weighted by molar-refractivity contribution is -0.207. The summed E-state index contributed by atoms with van der Waals surface area (Å²) in [6, 6.07) is 0. The summed E-state index contributed by atoms with van der Waals surface area (Å²) < 4.78 is 30.5. The zero-order valence-corrected chi connectivity index (χ0v) is 22.2. The van der Waals surface area contributed by atoms with Gasteiger partial charge in [-0.2, -0.15) is 8.42 Å². The minimum atomic E-state index is -4.10. The van der Waals surface area contributed by atoms with Gasteiger partial charge in [0.25, 0.3) is 10.1 Å². The average Bonchev–Trinajstić information content (AvgIpc) is 3.12. The first-order valence-electron chi connectivity index (χ1n) is 13.5. The molecule has 0 bridgehead atoms. The second-order valence-corrected chi connectivity index (χ2v) is 14.2. The maximum Gasteiger partial charge on any atom is 0.266 e. The first-order chi connectivity index (χ1) is 16.3. The summed E-state index contributed by atoms with van der Waals surface area (Å²) in [6.45, 7) is 6.56. The van der Waals surface area contributed by atoms with E-state index in [0.717, 1.165) is 38.5 Å². The molecule has 1 unspecified atom stereocenters. The SMILES string of the molecule is C[C@H](CCC(=O)NCCS(=O)(=O)O)[C@H]1CC[C@H]2[C@@H]3[C@H](O)C[C@@H]4CC(O)CC[C@]4(C)[C@H]3C[C@H](O)[C@]12C. The van der Waals surface area contributed by atoms with Crippen molar-refractivity contribution in [2.75, 3.05) is 12.3 Å². The molecule has 0 aromatic heterocycles. The van der Waals surface area contributed by atoms with Crippen LogP contribution >= 0.6 is 0 Å². The molecule has 0 aromatic carbocycles. The molecule has 5 N–H and O–H groups in total. The first kappa shape index (κ1) is 27.3. The fourth-order valence-electron chi connectivity index (χ4n) is 9.10. The van der Waals surface area contributed by atoms with Gasteiger partial charge in [0, 0.05) is 13.0 Å². The molecule has 0 heterocycles. The first-order valence-corrected chi connectivity index (χ1v) is 15.1. The molecule has 8 nitrogen and oxygen atoms in total. The minimum Gasteiger partial charge on any atom is -0.393 e. The van der Waals surface area contributed by atoms with Crippen LogP contribution in [-0.4, -0.2) is 64.8 Å². The maximum absolute atomic E-state index is 12.2. The Balaban J connectivity index is 1.43. The lowest BCUT2D eigenvalue weighted by Gasteiger charge is -2.63. The highest BCUT2D eigenvalue weighted by Crippen LogP contribution is 2.68. The fraction of sp³-hybridized carbons (Fsp3) is 0.962. The van der Waals surface area contributed by atoms with Crippen molar-refractivity contribution in [3.8, 4) is 0 Å². The van der Waals surface area contributed by atoms with Gasteiger partial charge >= 0.3 is 0 Å². The number of hydrogen-bond donors (Lipinski definition) is 5. The van der Waals surface area contributed by atoms with E-state index in [1.54, 1.807) is 0 Å². The van der Waals surface area contributed by atoms with Crippen molar-refractivity contribution in [2.24, 2.45) is 46.3 Å². The number of amides is 1. The molecule has 35 heavy (non-hydrogen) atoms. The van der Waals surface area contributed by atoms with E-state index in [1.165, 1.54) is 0 Å². The molecule has 4 aliphatic carbocycles. The van der Waals surface area contributed by atoms with Crippen LogP contribution in [0.1, 0.15) is 78.6 Å². The van der Waals surface area contributed by atoms with Crippen LogP contribution in [0, 0.1) is 46.3 Å². The van der Waals surface area contributed by atoms with Crippen molar-refractivity contribution in [3.63, 3.8) is 0 Å². The maximum atomic E-state index is 12.2. The van der Waals surface area contributed by atoms with Crippen LogP contribution in [-0.2, 0) is 14.9 Å². The van der Waals surface area contributed by atoms with E-state index in [9.17, 15) is 28.5 Å². The van der Waals surface area contributed by atoms with Crippen molar-refractivity contribution in [1.82, 2.24) is 5.32 Å². The summed E-state index contributed by atoms with van der Waals surface area (Å²) in [4.78, 5) is 12.2. The van der Waals surface area contributed by atoms with Crippen molar-refractivity contribution in [2.45, 2.75) is 96.9 Å². The highest BCUT2D eigenvalue weighted by atomic mass is 32.2. The fourth-order valence-corrected chi connectivity index (χ4v) is 9.46. The zero-order chi connectivity index (χ0) is 25.8. The largest absolute Gasteiger partial charge is 0.393 e. The Hall–Kier alpha value is -0.740. The van der Waals surface area contributed by atoms with E-state index in [1.807, 2.05) is 0 Å². The van der Waals surface area contributed by atoms with Gasteiger partial charge in [0.1, 0.15) is 0 Å². The molecule has 202 valence electrons. The van der Waals surface area contributed by atoms with Gasteiger partial charge in [-0.3, -0.25) is 9.35 Å². The Kier molecular flexibility index (Phi) is 7.69. The van der Waals surface area contributed by atoms with Gasteiger partial charge in [-0.05, 0) is 97.7 Å². The summed E-state index contributed by atoms with van der Waals surface area (Å²) in [6.07, 6.45) is 5.67. The van der Waals surface area contributed by atoms with Crippen LogP contribution < -0.4 is 5.32 Å². The summed E-state index contributed by atoms with van der Waals surface area (Å²) in [5, 5.41) is 35.8. The third-order valence-electron chi connectivity index (χ3n) is 11.0. The number of nitrogens with one attached hydrogen (secondary N) is 1. The Morgan fingerprint density at radius 2 is 1.77 bits per heavy atom. The van der Waals surface area contributed by atoms with E-state index >= 15 is 0 Å². The van der Waals surface area contributed by atoms with Gasteiger partial charge in [0.15, 0.2) is 0 Å². The van der Waals surface area contributed by atoms with E-state index in [2.05, 4.69) is 26.1 Å². The Bertz CT molecular complexity index is 896. The molecule has 4 rings (SSSR count). The lowest BCUT2D eigenvalue weighted by Crippen LogP contribution is -2.62. The summed E-state index contributed by atoms with van der Waals surface area (Å²) >= 11 is 0. The van der Waals surface area contributed by atoms with Crippen LogP contribution in [0.25, 0.3) is 0 Å². The topological polar surface area (TPSA) is 144 Å². The van der Waals surface area contributed by atoms with E-state index in [0.29, 0.717) is 18.8 Å². The van der Waals surface area contributed by atoms with Gasteiger partial charge < -0.3 is 20.6 Å². The van der Waals surface area contributed by atoms with Crippen molar-refractivity contribution in [1.29, 1.82) is 0 Å². The molecule has 1 amide bonds. The van der Waals surface area contributed by atoms with Crippen LogP contribution in [0.5, 0.6) is 0 Å². The third kappa shape index (κ3) is 5.05. The molecule has 0 radical (unpaired) electrons. The number of carbonyl (C=O) groups is 1. The van der Waals surface area contributed by atoms with E-state index < -0.39 is 28.1 Å². The second kappa shape index (κ2) is 9.86. The molecule has 11 atom stereocenters. The van der Waals surface area contributed by atoms with Crippen LogP contribution in [0.15, 0.2) is 0 Å². The molecule has 4 aliphatic rings. The van der Waals surface area contributed by atoms with Gasteiger partial charge in [-0.1, -0.05) is 20.8 Å². The number of hydrogen-bond acceptors (Lipinski definition) is 6. The molecule has 9 heteroatoms. The van der Waals surface area contributed by atoms with Crippen LogP contribution in [0.2, 0.25) is 0 Å². The Labute approximate surface area is 210 Å². The molecular formula is C26H45NO7S. The van der Waals surface area contributed by atoms with Crippen LogP contribution in [0.4, 0.5) is 0 Å². The average molecular weight is 516 g/mol. The molecule has 4 fully saturated rings. The normalized spacial score (nSPS) is 46.3.